The summed E-state index contributed by atoms with van der Waals surface area (Å²) in [6, 6.07) is 13.3. The number of hydrogen-bond donors (Lipinski definition) is 3. The lowest BCUT2D eigenvalue weighted by molar-refractivity contribution is -0.385. The van der Waals surface area contributed by atoms with Crippen LogP contribution < -0.4 is 5.32 Å². The van der Waals surface area contributed by atoms with Crippen molar-refractivity contribution in [3.63, 3.8) is 0 Å². The standard InChI is InChI=1S/C20H12N2O6/c23-12-8-14-18(16(24)9-12)20(26)17-13(19(14)25)6-11(7-15(17)22(27)28)21-10-4-2-1-3-5-10/h1-9,21,23-24H. The number of nitrogens with zero attached hydrogens (tertiary/aromatic N) is 1. The van der Waals surface area contributed by atoms with E-state index < -0.39 is 33.7 Å². The van der Waals surface area contributed by atoms with Crippen LogP contribution in [0.1, 0.15) is 31.8 Å². The van der Waals surface area contributed by atoms with Gasteiger partial charge in [0.2, 0.25) is 5.78 Å². The van der Waals surface area contributed by atoms with E-state index in [4.69, 9.17) is 0 Å². The highest BCUT2D eigenvalue weighted by molar-refractivity contribution is 6.31. The van der Waals surface area contributed by atoms with Crippen molar-refractivity contribution in [1.82, 2.24) is 0 Å². The first-order valence-corrected chi connectivity index (χ1v) is 8.16. The predicted molar refractivity (Wildman–Crippen MR) is 99.5 cm³/mol. The zero-order valence-corrected chi connectivity index (χ0v) is 14.2. The first kappa shape index (κ1) is 17.2. The molecule has 0 saturated heterocycles. The Morgan fingerprint density at radius 3 is 2.18 bits per heavy atom. The molecule has 0 radical (unpaired) electrons. The molecule has 0 atom stereocenters. The molecule has 0 heterocycles. The van der Waals surface area contributed by atoms with Gasteiger partial charge in [0.25, 0.3) is 5.69 Å². The van der Waals surface area contributed by atoms with Gasteiger partial charge in [0.1, 0.15) is 17.1 Å². The average molecular weight is 376 g/mol. The molecule has 3 aromatic rings. The van der Waals surface area contributed by atoms with Crippen LogP contribution in [0.2, 0.25) is 0 Å². The number of carbonyl (C=O) groups is 2. The summed E-state index contributed by atoms with van der Waals surface area (Å²) < 4.78 is 0. The predicted octanol–water partition coefficient (Wildman–Crippen LogP) is 3.53. The molecule has 0 amide bonds. The maximum atomic E-state index is 12.9. The number of nitrogens with one attached hydrogen (secondary N) is 1. The second kappa shape index (κ2) is 6.20. The highest BCUT2D eigenvalue weighted by Crippen LogP contribution is 2.40. The zero-order valence-electron chi connectivity index (χ0n) is 14.2. The van der Waals surface area contributed by atoms with Crippen LogP contribution in [-0.2, 0) is 0 Å². The van der Waals surface area contributed by atoms with Crippen LogP contribution in [0.3, 0.4) is 0 Å². The van der Waals surface area contributed by atoms with Gasteiger partial charge in [0.05, 0.1) is 10.5 Å². The van der Waals surface area contributed by atoms with Crippen molar-refractivity contribution in [2.75, 3.05) is 5.32 Å². The number of nitro benzene ring substituents is 1. The normalized spacial score (nSPS) is 12.3. The van der Waals surface area contributed by atoms with Crippen LogP contribution in [0.25, 0.3) is 0 Å². The lowest BCUT2D eigenvalue weighted by Gasteiger charge is -2.19. The Labute approximate surface area is 157 Å². The summed E-state index contributed by atoms with van der Waals surface area (Å²) in [5.74, 6) is -2.55. The van der Waals surface area contributed by atoms with E-state index >= 15 is 0 Å². The Hall–Kier alpha value is -4.20. The van der Waals surface area contributed by atoms with Crippen LogP contribution in [0.4, 0.5) is 17.1 Å². The molecule has 138 valence electrons. The Kier molecular flexibility index (Phi) is 3.82. The largest absolute Gasteiger partial charge is 0.508 e. The molecule has 0 fully saturated rings. The Bertz CT molecular complexity index is 1170. The minimum absolute atomic E-state index is 0.171. The molecule has 4 rings (SSSR count). The Balaban J connectivity index is 1.93. The van der Waals surface area contributed by atoms with Gasteiger partial charge >= 0.3 is 0 Å². The molecular formula is C20H12N2O6. The number of anilines is 2. The van der Waals surface area contributed by atoms with Gasteiger partial charge in [-0.2, -0.15) is 0 Å². The number of ketones is 2. The van der Waals surface area contributed by atoms with E-state index in [2.05, 4.69) is 5.32 Å². The van der Waals surface area contributed by atoms with E-state index in [9.17, 15) is 29.9 Å². The summed E-state index contributed by atoms with van der Waals surface area (Å²) in [5, 5.41) is 34.2. The maximum Gasteiger partial charge on any atom is 0.283 e. The van der Waals surface area contributed by atoms with E-state index in [0.29, 0.717) is 5.69 Å². The van der Waals surface area contributed by atoms with Crippen molar-refractivity contribution < 1.29 is 24.7 Å². The number of rotatable bonds is 3. The Morgan fingerprint density at radius 1 is 0.821 bits per heavy atom. The van der Waals surface area contributed by atoms with E-state index in [-0.39, 0.29) is 27.9 Å². The fraction of sp³-hybridized carbons (Fsp3) is 0. The van der Waals surface area contributed by atoms with Crippen molar-refractivity contribution in [2.45, 2.75) is 0 Å². The van der Waals surface area contributed by atoms with Gasteiger partial charge in [-0.1, -0.05) is 18.2 Å². The maximum absolute atomic E-state index is 12.9. The fourth-order valence-electron chi connectivity index (χ4n) is 3.25. The Morgan fingerprint density at radius 2 is 1.50 bits per heavy atom. The topological polar surface area (TPSA) is 130 Å². The second-order valence-corrected chi connectivity index (χ2v) is 6.21. The van der Waals surface area contributed by atoms with E-state index in [1.54, 1.807) is 30.3 Å². The summed E-state index contributed by atoms with van der Waals surface area (Å²) in [6.45, 7) is 0. The quantitative estimate of drug-likeness (QED) is 0.368. The van der Waals surface area contributed by atoms with Crippen LogP contribution in [0.15, 0.2) is 54.6 Å². The van der Waals surface area contributed by atoms with Crippen molar-refractivity contribution in [1.29, 1.82) is 0 Å². The van der Waals surface area contributed by atoms with Gasteiger partial charge < -0.3 is 15.5 Å². The van der Waals surface area contributed by atoms with Gasteiger partial charge in [-0.15, -0.1) is 0 Å². The molecule has 0 saturated carbocycles. The van der Waals surface area contributed by atoms with E-state index in [1.807, 2.05) is 0 Å². The third-order valence-corrected chi connectivity index (χ3v) is 4.42. The lowest BCUT2D eigenvalue weighted by Crippen LogP contribution is -2.22. The number of benzene rings is 3. The third kappa shape index (κ3) is 2.64. The molecule has 0 spiro atoms. The fourth-order valence-corrected chi connectivity index (χ4v) is 3.25. The molecule has 8 heteroatoms. The molecule has 3 N–H and O–H groups in total. The lowest BCUT2D eigenvalue weighted by atomic mass is 9.82. The van der Waals surface area contributed by atoms with Gasteiger partial charge in [-0.3, -0.25) is 19.7 Å². The average Bonchev–Trinajstić information content (AvgIpc) is 2.65. The summed E-state index contributed by atoms with van der Waals surface area (Å²) in [6.07, 6.45) is 0. The third-order valence-electron chi connectivity index (χ3n) is 4.42. The SMILES string of the molecule is O=C1c2cc(O)cc(O)c2C(=O)c2c1cc(Nc1ccccc1)cc2[N+](=O)[O-]. The monoisotopic (exact) mass is 376 g/mol. The number of carbonyl (C=O) groups excluding carboxylic acids is 2. The summed E-state index contributed by atoms with van der Waals surface area (Å²) in [5.41, 5.74) is -0.777. The van der Waals surface area contributed by atoms with Gasteiger partial charge in [0, 0.05) is 34.6 Å². The number of aromatic hydroxyl groups is 2. The molecule has 0 aromatic heterocycles. The smallest absolute Gasteiger partial charge is 0.283 e. The number of hydrogen-bond acceptors (Lipinski definition) is 7. The van der Waals surface area contributed by atoms with Gasteiger partial charge in [0.15, 0.2) is 5.78 Å². The molecule has 0 unspecified atom stereocenters. The summed E-state index contributed by atoms with van der Waals surface area (Å²) in [7, 11) is 0. The van der Waals surface area contributed by atoms with Crippen LogP contribution in [0, 0.1) is 10.1 Å². The number of phenolic OH excluding ortho intramolecular Hbond substituents is 2. The van der Waals surface area contributed by atoms with Crippen LogP contribution in [-0.4, -0.2) is 26.7 Å². The highest BCUT2D eigenvalue weighted by atomic mass is 16.6. The summed E-state index contributed by atoms with van der Waals surface area (Å²) >= 11 is 0. The minimum atomic E-state index is -0.847. The molecule has 1 aliphatic carbocycles. The van der Waals surface area contributed by atoms with E-state index in [1.165, 1.54) is 12.1 Å². The molecule has 1 aliphatic rings. The number of nitro groups is 1. The molecule has 0 aliphatic heterocycles. The molecular weight excluding hydrogens is 364 g/mol. The summed E-state index contributed by atoms with van der Waals surface area (Å²) in [4.78, 5) is 36.6. The first-order chi connectivity index (χ1) is 13.4. The number of para-hydroxylation sites is 1. The second-order valence-electron chi connectivity index (χ2n) is 6.21. The highest BCUT2D eigenvalue weighted by Gasteiger charge is 2.38. The molecule has 8 nitrogen and oxygen atoms in total. The van der Waals surface area contributed by atoms with Crippen molar-refractivity contribution in [3.8, 4) is 11.5 Å². The van der Waals surface area contributed by atoms with Crippen molar-refractivity contribution >= 4 is 28.6 Å². The van der Waals surface area contributed by atoms with Crippen molar-refractivity contribution in [2.24, 2.45) is 0 Å². The van der Waals surface area contributed by atoms with Crippen molar-refractivity contribution in [3.05, 3.63) is 87.0 Å². The molecule has 0 bridgehead atoms. The van der Waals surface area contributed by atoms with Crippen LogP contribution >= 0.6 is 0 Å². The van der Waals surface area contributed by atoms with Gasteiger partial charge in [-0.25, -0.2) is 0 Å². The number of fused-ring (bicyclic) bond motifs is 2. The number of phenols is 2. The van der Waals surface area contributed by atoms with Gasteiger partial charge in [-0.05, 0) is 24.3 Å². The zero-order chi connectivity index (χ0) is 20.0. The molecule has 3 aromatic carbocycles. The minimum Gasteiger partial charge on any atom is -0.508 e. The molecule has 28 heavy (non-hydrogen) atoms. The first-order valence-electron chi connectivity index (χ1n) is 8.16. The van der Waals surface area contributed by atoms with Crippen LogP contribution in [0.5, 0.6) is 11.5 Å². The van der Waals surface area contributed by atoms with E-state index in [0.717, 1.165) is 12.1 Å².